The van der Waals surface area contributed by atoms with Crippen molar-refractivity contribution < 1.29 is 14.3 Å². The number of halogens is 1. The smallest absolute Gasteiger partial charge is 0.305 e. The number of carbonyl (C=O) groups excluding carboxylic acids is 1. The zero-order chi connectivity index (χ0) is 16.8. The van der Waals surface area contributed by atoms with Gasteiger partial charge in [0.25, 0.3) is 0 Å². The largest absolute Gasteiger partial charge is 0.466 e. The normalized spacial score (nSPS) is 16.0. The number of aliphatic imine (C=N–C) groups is 1. The van der Waals surface area contributed by atoms with Crippen LogP contribution in [0.2, 0.25) is 0 Å². The predicted octanol–water partition coefficient (Wildman–Crippen LogP) is 2.85. The molecule has 1 aliphatic rings. The molecule has 0 bridgehead atoms. The lowest BCUT2D eigenvalue weighted by atomic mass is 10.1. The lowest BCUT2D eigenvalue weighted by Crippen LogP contribution is -2.39. The van der Waals surface area contributed by atoms with Crippen molar-refractivity contribution in [1.29, 1.82) is 0 Å². The number of guanidine groups is 1. The van der Waals surface area contributed by atoms with Gasteiger partial charge in [0.2, 0.25) is 0 Å². The second-order valence-electron chi connectivity index (χ2n) is 5.82. The summed E-state index contributed by atoms with van der Waals surface area (Å²) in [5, 5.41) is 6.43. The van der Waals surface area contributed by atoms with Crippen molar-refractivity contribution in [3.63, 3.8) is 0 Å². The van der Waals surface area contributed by atoms with Crippen LogP contribution in [0, 0.1) is 0 Å². The van der Waals surface area contributed by atoms with E-state index in [1.165, 1.54) is 38.5 Å². The minimum absolute atomic E-state index is 0. The number of nitrogens with zero attached hydrogens (tertiary/aromatic N) is 1. The highest BCUT2D eigenvalue weighted by molar-refractivity contribution is 14.0. The zero-order valence-electron chi connectivity index (χ0n) is 15.1. The first-order valence-electron chi connectivity index (χ1n) is 8.98. The molecule has 142 valence electrons. The van der Waals surface area contributed by atoms with Crippen LogP contribution < -0.4 is 10.6 Å². The Labute approximate surface area is 163 Å². The first kappa shape index (κ1) is 23.4. The molecule has 1 aliphatic carbocycles. The van der Waals surface area contributed by atoms with E-state index in [1.807, 2.05) is 6.92 Å². The van der Waals surface area contributed by atoms with E-state index < -0.39 is 0 Å². The van der Waals surface area contributed by atoms with E-state index >= 15 is 0 Å². The van der Waals surface area contributed by atoms with Gasteiger partial charge in [0.15, 0.2) is 5.96 Å². The van der Waals surface area contributed by atoms with E-state index in [0.29, 0.717) is 32.3 Å². The van der Waals surface area contributed by atoms with E-state index in [4.69, 9.17) is 9.47 Å². The molecule has 0 aromatic rings. The van der Waals surface area contributed by atoms with Gasteiger partial charge in [-0.25, -0.2) is 0 Å². The molecule has 0 heterocycles. The van der Waals surface area contributed by atoms with Crippen LogP contribution in [-0.4, -0.2) is 51.4 Å². The van der Waals surface area contributed by atoms with E-state index in [0.717, 1.165) is 18.9 Å². The fourth-order valence-corrected chi connectivity index (χ4v) is 2.70. The SMILES string of the molecule is CCOC(=O)CCCNC(=NC)NCCOC1CCCCCC1.I. The third kappa shape index (κ3) is 11.9. The Morgan fingerprint density at radius 3 is 2.42 bits per heavy atom. The van der Waals surface area contributed by atoms with Gasteiger partial charge in [-0.3, -0.25) is 9.79 Å². The number of rotatable bonds is 9. The summed E-state index contributed by atoms with van der Waals surface area (Å²) in [5.41, 5.74) is 0. The average molecular weight is 455 g/mol. The molecule has 1 fully saturated rings. The summed E-state index contributed by atoms with van der Waals surface area (Å²) in [6.07, 6.45) is 9.27. The maximum Gasteiger partial charge on any atom is 0.305 e. The molecule has 2 N–H and O–H groups in total. The fourth-order valence-electron chi connectivity index (χ4n) is 2.70. The molecule has 0 saturated heterocycles. The Kier molecular flexibility index (Phi) is 15.6. The van der Waals surface area contributed by atoms with Crippen molar-refractivity contribution in [2.45, 2.75) is 64.4 Å². The Bertz CT molecular complexity index is 346. The molecule has 7 heteroatoms. The van der Waals surface area contributed by atoms with Crippen LogP contribution in [0.1, 0.15) is 58.3 Å². The number of ether oxygens (including phenoxy) is 2. The molecule has 0 atom stereocenters. The molecule has 0 unspecified atom stereocenters. The maximum absolute atomic E-state index is 11.2. The molecule has 0 radical (unpaired) electrons. The second-order valence-corrected chi connectivity index (χ2v) is 5.82. The zero-order valence-corrected chi connectivity index (χ0v) is 17.5. The highest BCUT2D eigenvalue weighted by Crippen LogP contribution is 2.19. The standard InChI is InChI=1S/C17H33N3O3.HI/c1-3-22-16(21)11-8-12-19-17(18-2)20-13-14-23-15-9-6-4-5-7-10-15;/h15H,3-14H2,1-2H3,(H2,18,19,20);1H. The van der Waals surface area contributed by atoms with Crippen molar-refractivity contribution in [2.75, 3.05) is 33.4 Å². The van der Waals surface area contributed by atoms with Crippen molar-refractivity contribution in [3.8, 4) is 0 Å². The summed E-state index contributed by atoms with van der Waals surface area (Å²) in [5.74, 6) is 0.604. The van der Waals surface area contributed by atoms with Gasteiger partial charge in [-0.05, 0) is 26.2 Å². The predicted molar refractivity (Wildman–Crippen MR) is 108 cm³/mol. The molecule has 0 aromatic heterocycles. The van der Waals surface area contributed by atoms with Crippen LogP contribution in [0.25, 0.3) is 0 Å². The van der Waals surface area contributed by atoms with Gasteiger partial charge < -0.3 is 20.1 Å². The summed E-state index contributed by atoms with van der Waals surface area (Å²) in [6.45, 7) is 4.40. The van der Waals surface area contributed by atoms with Crippen molar-refractivity contribution in [1.82, 2.24) is 10.6 Å². The van der Waals surface area contributed by atoms with Crippen LogP contribution in [-0.2, 0) is 14.3 Å². The summed E-state index contributed by atoms with van der Waals surface area (Å²) in [7, 11) is 1.74. The molecule has 0 aromatic carbocycles. The summed E-state index contributed by atoms with van der Waals surface area (Å²) in [4.78, 5) is 15.4. The molecule has 0 spiro atoms. The van der Waals surface area contributed by atoms with Gasteiger partial charge in [0.1, 0.15) is 0 Å². The highest BCUT2D eigenvalue weighted by atomic mass is 127. The third-order valence-corrected chi connectivity index (χ3v) is 3.93. The topological polar surface area (TPSA) is 72.0 Å². The Balaban J connectivity index is 0.00000529. The lowest BCUT2D eigenvalue weighted by Gasteiger charge is -2.16. The van der Waals surface area contributed by atoms with Crippen molar-refractivity contribution in [3.05, 3.63) is 0 Å². The summed E-state index contributed by atoms with van der Waals surface area (Å²) < 4.78 is 10.8. The van der Waals surface area contributed by atoms with E-state index in [1.54, 1.807) is 7.05 Å². The van der Waals surface area contributed by atoms with Crippen LogP contribution in [0.3, 0.4) is 0 Å². The van der Waals surface area contributed by atoms with Gasteiger partial charge >= 0.3 is 5.97 Å². The Morgan fingerprint density at radius 2 is 1.79 bits per heavy atom. The quantitative estimate of drug-likeness (QED) is 0.140. The molecule has 1 rings (SSSR count). The van der Waals surface area contributed by atoms with E-state index in [-0.39, 0.29) is 29.9 Å². The molecule has 24 heavy (non-hydrogen) atoms. The Morgan fingerprint density at radius 1 is 1.12 bits per heavy atom. The highest BCUT2D eigenvalue weighted by Gasteiger charge is 2.12. The first-order valence-corrected chi connectivity index (χ1v) is 8.98. The molecule has 1 saturated carbocycles. The van der Waals surface area contributed by atoms with Crippen LogP contribution >= 0.6 is 24.0 Å². The lowest BCUT2D eigenvalue weighted by molar-refractivity contribution is -0.143. The van der Waals surface area contributed by atoms with Crippen molar-refractivity contribution in [2.24, 2.45) is 4.99 Å². The van der Waals surface area contributed by atoms with E-state index in [9.17, 15) is 4.79 Å². The monoisotopic (exact) mass is 455 g/mol. The van der Waals surface area contributed by atoms with Crippen LogP contribution in [0.5, 0.6) is 0 Å². The molecular weight excluding hydrogens is 421 g/mol. The number of hydrogen-bond acceptors (Lipinski definition) is 4. The summed E-state index contributed by atoms with van der Waals surface area (Å²) in [6, 6.07) is 0. The third-order valence-electron chi connectivity index (χ3n) is 3.93. The van der Waals surface area contributed by atoms with Gasteiger partial charge in [0, 0.05) is 26.6 Å². The average Bonchev–Trinajstić information content (AvgIpc) is 2.82. The molecular formula is C17H34IN3O3. The van der Waals surface area contributed by atoms with Gasteiger partial charge in [-0.1, -0.05) is 25.7 Å². The van der Waals surface area contributed by atoms with E-state index in [2.05, 4.69) is 15.6 Å². The van der Waals surface area contributed by atoms with Crippen LogP contribution in [0.15, 0.2) is 4.99 Å². The number of carbonyl (C=O) groups is 1. The molecule has 0 aliphatic heterocycles. The molecule has 0 amide bonds. The van der Waals surface area contributed by atoms with Gasteiger partial charge in [-0.2, -0.15) is 0 Å². The summed E-state index contributed by atoms with van der Waals surface area (Å²) >= 11 is 0. The van der Waals surface area contributed by atoms with Gasteiger partial charge in [0.05, 0.1) is 19.3 Å². The second kappa shape index (κ2) is 15.9. The number of esters is 1. The molecule has 6 nitrogen and oxygen atoms in total. The number of nitrogens with one attached hydrogen (secondary N) is 2. The maximum atomic E-state index is 11.2. The minimum Gasteiger partial charge on any atom is -0.466 e. The Hall–Kier alpha value is -0.570. The number of hydrogen-bond donors (Lipinski definition) is 2. The minimum atomic E-state index is -0.144. The van der Waals surface area contributed by atoms with Crippen molar-refractivity contribution >= 4 is 35.9 Å². The van der Waals surface area contributed by atoms with Gasteiger partial charge in [-0.15, -0.1) is 24.0 Å². The van der Waals surface area contributed by atoms with Crippen LogP contribution in [0.4, 0.5) is 0 Å². The fraction of sp³-hybridized carbons (Fsp3) is 0.882. The first-order chi connectivity index (χ1) is 11.3.